The summed E-state index contributed by atoms with van der Waals surface area (Å²) in [5.74, 6) is -0.0924. The normalized spacial score (nSPS) is 16.3. The van der Waals surface area contributed by atoms with Gasteiger partial charge in [-0.25, -0.2) is 4.99 Å². The average Bonchev–Trinajstić information content (AvgIpc) is 3.10. The van der Waals surface area contributed by atoms with Crippen LogP contribution in [-0.4, -0.2) is 28.4 Å². The Morgan fingerprint density at radius 2 is 1.74 bits per heavy atom. The number of methoxy groups -OCH3 is 1. The Labute approximate surface area is 184 Å². The lowest BCUT2D eigenvalue weighted by atomic mass is 10.1. The molecule has 1 aliphatic rings. The first-order valence-electron chi connectivity index (χ1n) is 9.54. The van der Waals surface area contributed by atoms with Crippen LogP contribution in [0.15, 0.2) is 82.7 Å². The van der Waals surface area contributed by atoms with Crippen LogP contribution >= 0.6 is 11.8 Å². The van der Waals surface area contributed by atoms with E-state index in [1.807, 2.05) is 60.7 Å². The number of carbonyl (C=O) groups is 1. The van der Waals surface area contributed by atoms with E-state index in [0.29, 0.717) is 21.2 Å². The predicted molar refractivity (Wildman–Crippen MR) is 124 cm³/mol. The summed E-state index contributed by atoms with van der Waals surface area (Å²) < 4.78 is 5.19. The Balaban J connectivity index is 1.78. The number of anilines is 1. The van der Waals surface area contributed by atoms with Gasteiger partial charge in [-0.2, -0.15) is 0 Å². The maximum Gasteiger partial charge on any atom is 0.271 e. The maximum atomic E-state index is 13.3. The number of phenols is 1. The molecule has 1 amide bonds. The first-order chi connectivity index (χ1) is 15.1. The van der Waals surface area contributed by atoms with Gasteiger partial charge in [-0.1, -0.05) is 36.4 Å². The minimum absolute atomic E-state index is 0.116. The van der Waals surface area contributed by atoms with E-state index in [1.54, 1.807) is 23.1 Å². The number of thioether (sulfide) groups is 1. The number of nitrogens with zero attached hydrogens (tertiary/aromatic N) is 2. The predicted octanol–water partition coefficient (Wildman–Crippen LogP) is 4.70. The molecule has 0 saturated carbocycles. The van der Waals surface area contributed by atoms with Crippen molar-refractivity contribution in [3.8, 4) is 11.5 Å². The fourth-order valence-corrected chi connectivity index (χ4v) is 4.17. The van der Waals surface area contributed by atoms with Gasteiger partial charge in [0, 0.05) is 5.56 Å². The third-order valence-electron chi connectivity index (χ3n) is 4.67. The number of hydrogen-bond donors (Lipinski definition) is 2. The van der Waals surface area contributed by atoms with Crippen LogP contribution in [0.4, 0.5) is 11.4 Å². The van der Waals surface area contributed by atoms with Crippen molar-refractivity contribution in [2.75, 3.05) is 12.0 Å². The summed E-state index contributed by atoms with van der Waals surface area (Å²) in [7, 11) is 1.43. The number of aliphatic hydroxyl groups excluding tert-OH is 1. The molecule has 6 nitrogen and oxygen atoms in total. The Hall–Kier alpha value is -3.55. The molecule has 0 unspecified atom stereocenters. The number of hydrogen-bond acceptors (Lipinski definition) is 6. The quantitative estimate of drug-likeness (QED) is 0.571. The zero-order chi connectivity index (χ0) is 21.8. The molecule has 0 aromatic heterocycles. The Bertz CT molecular complexity index is 1140. The standard InChI is InChI=1S/C24H20N2O4S/c1-30-20-13-16(12-17(15-27)22(20)28)14-21-23(29)26(19-10-6-3-7-11-19)24(31-21)25-18-8-4-2-5-9-18/h2-14,27-28H,15H2,1H3. The van der Waals surface area contributed by atoms with Crippen LogP contribution < -0.4 is 9.64 Å². The van der Waals surface area contributed by atoms with Gasteiger partial charge < -0.3 is 14.9 Å². The van der Waals surface area contributed by atoms with Gasteiger partial charge in [-0.15, -0.1) is 0 Å². The van der Waals surface area contributed by atoms with Crippen molar-refractivity contribution in [3.63, 3.8) is 0 Å². The molecule has 0 atom stereocenters. The number of para-hydroxylation sites is 2. The van der Waals surface area contributed by atoms with Gasteiger partial charge in [0.25, 0.3) is 5.91 Å². The van der Waals surface area contributed by atoms with Crippen LogP contribution in [0.1, 0.15) is 11.1 Å². The van der Waals surface area contributed by atoms with E-state index in [2.05, 4.69) is 4.99 Å². The first kappa shape index (κ1) is 20.7. The zero-order valence-corrected chi connectivity index (χ0v) is 17.5. The highest BCUT2D eigenvalue weighted by atomic mass is 32.2. The highest BCUT2D eigenvalue weighted by molar-refractivity contribution is 8.19. The Morgan fingerprint density at radius 3 is 2.39 bits per heavy atom. The largest absolute Gasteiger partial charge is 0.504 e. The van der Waals surface area contributed by atoms with E-state index < -0.39 is 0 Å². The fourth-order valence-electron chi connectivity index (χ4n) is 3.17. The maximum absolute atomic E-state index is 13.3. The second-order valence-electron chi connectivity index (χ2n) is 6.71. The van der Waals surface area contributed by atoms with Crippen molar-refractivity contribution in [3.05, 3.63) is 88.8 Å². The molecule has 0 aliphatic carbocycles. The summed E-state index contributed by atoms with van der Waals surface area (Å²) in [4.78, 5) is 20.0. The summed E-state index contributed by atoms with van der Waals surface area (Å²) >= 11 is 1.26. The van der Waals surface area contributed by atoms with Gasteiger partial charge in [0.1, 0.15) is 0 Å². The van der Waals surface area contributed by atoms with E-state index in [4.69, 9.17) is 4.74 Å². The fraction of sp³-hybridized carbons (Fsp3) is 0.0833. The van der Waals surface area contributed by atoms with Gasteiger partial charge in [-0.3, -0.25) is 9.69 Å². The van der Waals surface area contributed by atoms with E-state index >= 15 is 0 Å². The molecule has 7 heteroatoms. The summed E-state index contributed by atoms with van der Waals surface area (Å²) in [6.45, 7) is -0.350. The third kappa shape index (κ3) is 4.33. The summed E-state index contributed by atoms with van der Waals surface area (Å²) in [5.41, 5.74) is 2.41. The summed E-state index contributed by atoms with van der Waals surface area (Å²) in [6.07, 6.45) is 1.71. The zero-order valence-electron chi connectivity index (χ0n) is 16.7. The number of amides is 1. The molecule has 31 heavy (non-hydrogen) atoms. The highest BCUT2D eigenvalue weighted by Crippen LogP contribution is 2.39. The van der Waals surface area contributed by atoms with Gasteiger partial charge >= 0.3 is 0 Å². The Kier molecular flexibility index (Phi) is 6.06. The highest BCUT2D eigenvalue weighted by Gasteiger charge is 2.34. The van der Waals surface area contributed by atoms with Gasteiger partial charge in [0.2, 0.25) is 0 Å². The van der Waals surface area contributed by atoms with Crippen molar-refractivity contribution in [2.45, 2.75) is 6.61 Å². The van der Waals surface area contributed by atoms with Gasteiger partial charge in [0.05, 0.1) is 30.0 Å². The lowest BCUT2D eigenvalue weighted by Gasteiger charge is -2.15. The molecule has 0 spiro atoms. The molecule has 1 heterocycles. The molecule has 1 fully saturated rings. The molecule has 3 aromatic rings. The summed E-state index contributed by atoms with van der Waals surface area (Å²) in [5, 5.41) is 20.2. The van der Waals surface area contributed by atoms with E-state index in [1.165, 1.54) is 18.9 Å². The van der Waals surface area contributed by atoms with E-state index in [-0.39, 0.29) is 24.0 Å². The first-order valence-corrected chi connectivity index (χ1v) is 10.4. The number of amidine groups is 1. The molecule has 0 radical (unpaired) electrons. The van der Waals surface area contributed by atoms with Crippen LogP contribution in [-0.2, 0) is 11.4 Å². The van der Waals surface area contributed by atoms with Crippen molar-refractivity contribution in [1.29, 1.82) is 0 Å². The molecule has 0 bridgehead atoms. The lowest BCUT2D eigenvalue weighted by Crippen LogP contribution is -2.28. The molecule has 156 valence electrons. The number of carbonyl (C=O) groups excluding carboxylic acids is 1. The molecule has 4 rings (SSSR count). The number of aromatic hydroxyl groups is 1. The summed E-state index contributed by atoms with van der Waals surface area (Å²) in [6, 6.07) is 22.0. The van der Waals surface area contributed by atoms with Crippen molar-refractivity contribution in [1.82, 2.24) is 0 Å². The molecule has 2 N–H and O–H groups in total. The number of aliphatic imine (C=N–C) groups is 1. The molecular formula is C24H20N2O4S. The third-order valence-corrected chi connectivity index (χ3v) is 5.63. The monoisotopic (exact) mass is 432 g/mol. The lowest BCUT2D eigenvalue weighted by molar-refractivity contribution is -0.113. The number of rotatable bonds is 5. The SMILES string of the molecule is COc1cc(C=C2SC(=Nc3ccccc3)N(c3ccccc3)C2=O)cc(CO)c1O. The molecular weight excluding hydrogens is 412 g/mol. The Morgan fingerprint density at radius 1 is 1.06 bits per heavy atom. The average molecular weight is 433 g/mol. The molecule has 1 saturated heterocycles. The molecule has 3 aromatic carbocycles. The smallest absolute Gasteiger partial charge is 0.271 e. The van der Waals surface area contributed by atoms with Crippen molar-refractivity contribution >= 4 is 40.3 Å². The van der Waals surface area contributed by atoms with Crippen molar-refractivity contribution < 1.29 is 19.7 Å². The van der Waals surface area contributed by atoms with Crippen LogP contribution in [0.2, 0.25) is 0 Å². The number of benzene rings is 3. The minimum Gasteiger partial charge on any atom is -0.504 e. The van der Waals surface area contributed by atoms with Gasteiger partial charge in [0.15, 0.2) is 16.7 Å². The van der Waals surface area contributed by atoms with Crippen LogP contribution in [0.25, 0.3) is 6.08 Å². The number of aliphatic hydroxyl groups is 1. The molecule has 1 aliphatic heterocycles. The minimum atomic E-state index is -0.350. The van der Waals surface area contributed by atoms with Crippen LogP contribution in [0.3, 0.4) is 0 Å². The van der Waals surface area contributed by atoms with E-state index in [9.17, 15) is 15.0 Å². The number of ether oxygens (including phenoxy) is 1. The van der Waals surface area contributed by atoms with E-state index in [0.717, 1.165) is 11.4 Å². The topological polar surface area (TPSA) is 82.4 Å². The van der Waals surface area contributed by atoms with Crippen molar-refractivity contribution in [2.24, 2.45) is 4.99 Å². The van der Waals surface area contributed by atoms with Crippen LogP contribution in [0.5, 0.6) is 11.5 Å². The second-order valence-corrected chi connectivity index (χ2v) is 7.71. The van der Waals surface area contributed by atoms with Crippen LogP contribution in [0, 0.1) is 0 Å². The second kappa shape index (κ2) is 9.07. The van der Waals surface area contributed by atoms with Gasteiger partial charge in [-0.05, 0) is 59.8 Å².